The number of aromatic hydroxyl groups is 1. The molecule has 0 aromatic heterocycles. The maximum Gasteiger partial charge on any atom is 0.266 e. The molecule has 0 radical (unpaired) electrons. The standard InChI is InChI=1S/C23H14Cl2I2N2O3/c24-18-6-1-13(8-19(18)25)12-32-22-20(26)9-14(10-21(22)27)7-15(11-28)23(31)29-16-2-4-17(30)5-3-16/h1-10,30H,12H2,(H,29,31)/b15-7+. The second kappa shape index (κ2) is 11.2. The number of hydrogen-bond acceptors (Lipinski definition) is 4. The van der Waals surface area contributed by atoms with Crippen molar-refractivity contribution in [1.82, 2.24) is 0 Å². The highest BCUT2D eigenvalue weighted by molar-refractivity contribution is 14.1. The van der Waals surface area contributed by atoms with E-state index in [4.69, 9.17) is 27.9 Å². The Morgan fingerprint density at radius 3 is 2.31 bits per heavy atom. The molecule has 0 aliphatic carbocycles. The quantitative estimate of drug-likeness (QED) is 0.126. The Morgan fingerprint density at radius 2 is 1.72 bits per heavy atom. The number of nitrogens with zero attached hydrogens (tertiary/aromatic N) is 1. The van der Waals surface area contributed by atoms with Gasteiger partial charge in [-0.3, -0.25) is 4.79 Å². The van der Waals surface area contributed by atoms with Gasteiger partial charge in [-0.15, -0.1) is 0 Å². The summed E-state index contributed by atoms with van der Waals surface area (Å²) in [7, 11) is 0. The zero-order valence-electron chi connectivity index (χ0n) is 16.2. The van der Waals surface area contributed by atoms with E-state index in [1.54, 1.807) is 24.3 Å². The van der Waals surface area contributed by atoms with Crippen LogP contribution in [0.4, 0.5) is 5.69 Å². The lowest BCUT2D eigenvalue weighted by molar-refractivity contribution is -0.112. The number of anilines is 1. The van der Waals surface area contributed by atoms with E-state index >= 15 is 0 Å². The Balaban J connectivity index is 1.76. The van der Waals surface area contributed by atoms with Gasteiger partial charge in [0.1, 0.15) is 29.7 Å². The highest BCUT2D eigenvalue weighted by atomic mass is 127. The first-order valence-electron chi connectivity index (χ1n) is 9.05. The first-order valence-corrected chi connectivity index (χ1v) is 12.0. The fourth-order valence-electron chi connectivity index (χ4n) is 2.64. The van der Waals surface area contributed by atoms with Crippen molar-refractivity contribution in [3.8, 4) is 17.6 Å². The van der Waals surface area contributed by atoms with E-state index in [1.165, 1.54) is 18.2 Å². The molecule has 0 fully saturated rings. The molecular formula is C23H14Cl2I2N2O3. The van der Waals surface area contributed by atoms with Crippen molar-refractivity contribution in [3.63, 3.8) is 0 Å². The number of rotatable bonds is 6. The minimum atomic E-state index is -0.539. The summed E-state index contributed by atoms with van der Waals surface area (Å²) < 4.78 is 7.63. The number of phenolic OH excluding ortho intramolecular Hbond substituents is 1. The number of phenols is 1. The normalized spacial score (nSPS) is 11.0. The van der Waals surface area contributed by atoms with Crippen LogP contribution in [0.15, 0.2) is 60.2 Å². The summed E-state index contributed by atoms with van der Waals surface area (Å²) in [6.07, 6.45) is 1.52. The molecule has 3 aromatic rings. The Hall–Kier alpha value is -2.00. The predicted molar refractivity (Wildman–Crippen MR) is 143 cm³/mol. The molecule has 0 spiro atoms. The topological polar surface area (TPSA) is 82.3 Å². The van der Waals surface area contributed by atoms with E-state index in [2.05, 4.69) is 50.5 Å². The number of amides is 1. The summed E-state index contributed by atoms with van der Waals surface area (Å²) in [4.78, 5) is 12.5. The third kappa shape index (κ3) is 6.51. The van der Waals surface area contributed by atoms with Gasteiger partial charge in [-0.1, -0.05) is 29.3 Å². The van der Waals surface area contributed by atoms with Crippen LogP contribution in [0.5, 0.6) is 11.5 Å². The zero-order valence-corrected chi connectivity index (χ0v) is 22.0. The minimum absolute atomic E-state index is 0.0471. The molecule has 0 bridgehead atoms. The van der Waals surface area contributed by atoms with Crippen molar-refractivity contribution in [1.29, 1.82) is 5.26 Å². The average Bonchev–Trinajstić information content (AvgIpc) is 2.75. The molecule has 162 valence electrons. The zero-order chi connectivity index (χ0) is 23.3. The van der Waals surface area contributed by atoms with Gasteiger partial charge in [0.25, 0.3) is 5.91 Å². The molecule has 0 heterocycles. The largest absolute Gasteiger partial charge is 0.508 e. The van der Waals surface area contributed by atoms with Crippen LogP contribution in [0.1, 0.15) is 11.1 Å². The molecule has 1 amide bonds. The van der Waals surface area contributed by atoms with Crippen molar-refractivity contribution in [2.75, 3.05) is 5.32 Å². The summed E-state index contributed by atoms with van der Waals surface area (Å²) in [5.41, 5.74) is 2.00. The molecule has 3 aromatic carbocycles. The van der Waals surface area contributed by atoms with E-state index in [0.717, 1.165) is 12.7 Å². The van der Waals surface area contributed by atoms with Gasteiger partial charge in [-0.25, -0.2) is 0 Å². The SMILES string of the molecule is N#C/C(=C\c1cc(I)c(OCc2ccc(Cl)c(Cl)c2)c(I)c1)C(=O)Nc1ccc(O)cc1. The summed E-state index contributed by atoms with van der Waals surface area (Å²) in [5.74, 6) is 0.245. The molecule has 9 heteroatoms. The molecule has 32 heavy (non-hydrogen) atoms. The van der Waals surface area contributed by atoms with Gasteiger partial charge in [0, 0.05) is 5.69 Å². The smallest absolute Gasteiger partial charge is 0.266 e. The van der Waals surface area contributed by atoms with Gasteiger partial charge in [-0.2, -0.15) is 5.26 Å². The van der Waals surface area contributed by atoms with Crippen molar-refractivity contribution in [2.45, 2.75) is 6.61 Å². The molecule has 0 saturated carbocycles. The molecule has 3 rings (SSSR count). The number of nitrogens with one attached hydrogen (secondary N) is 1. The minimum Gasteiger partial charge on any atom is -0.508 e. The number of ether oxygens (including phenoxy) is 1. The molecule has 2 N–H and O–H groups in total. The fraction of sp³-hybridized carbons (Fsp3) is 0.0435. The highest BCUT2D eigenvalue weighted by Crippen LogP contribution is 2.31. The molecule has 0 saturated heterocycles. The number of benzene rings is 3. The number of halogens is 4. The van der Waals surface area contributed by atoms with E-state index in [0.29, 0.717) is 33.7 Å². The van der Waals surface area contributed by atoms with Crippen LogP contribution in [0.25, 0.3) is 6.08 Å². The van der Waals surface area contributed by atoms with E-state index in [-0.39, 0.29) is 11.3 Å². The van der Waals surface area contributed by atoms with Gasteiger partial charge < -0.3 is 15.2 Å². The van der Waals surface area contributed by atoms with Crippen LogP contribution in [-0.4, -0.2) is 11.0 Å². The van der Waals surface area contributed by atoms with Crippen molar-refractivity contribution in [2.24, 2.45) is 0 Å². The van der Waals surface area contributed by atoms with Crippen LogP contribution in [0.2, 0.25) is 10.0 Å². The number of carbonyl (C=O) groups excluding carboxylic acids is 1. The second-order valence-electron chi connectivity index (χ2n) is 6.52. The van der Waals surface area contributed by atoms with Crippen LogP contribution < -0.4 is 10.1 Å². The van der Waals surface area contributed by atoms with Crippen LogP contribution in [0, 0.1) is 18.5 Å². The number of nitriles is 1. The molecular weight excluding hydrogens is 677 g/mol. The van der Waals surface area contributed by atoms with Crippen molar-refractivity contribution >= 4 is 86.1 Å². The van der Waals surface area contributed by atoms with E-state index < -0.39 is 5.91 Å². The van der Waals surface area contributed by atoms with Crippen LogP contribution in [-0.2, 0) is 11.4 Å². The predicted octanol–water partition coefficient (Wildman–Crippen LogP) is 7.03. The van der Waals surface area contributed by atoms with Gasteiger partial charge in [0.15, 0.2) is 0 Å². The summed E-state index contributed by atoms with van der Waals surface area (Å²) >= 11 is 16.3. The molecule has 0 atom stereocenters. The highest BCUT2D eigenvalue weighted by Gasteiger charge is 2.13. The monoisotopic (exact) mass is 690 g/mol. The van der Waals surface area contributed by atoms with E-state index in [1.807, 2.05) is 24.3 Å². The maximum absolute atomic E-state index is 12.5. The lowest BCUT2D eigenvalue weighted by Gasteiger charge is -2.12. The average molecular weight is 691 g/mol. The van der Waals surface area contributed by atoms with Gasteiger partial charge in [-0.05, 0) is 111 Å². The number of hydrogen-bond donors (Lipinski definition) is 2. The lowest BCUT2D eigenvalue weighted by Crippen LogP contribution is -2.13. The molecule has 0 aliphatic rings. The van der Waals surface area contributed by atoms with Gasteiger partial charge in [0.05, 0.1) is 17.2 Å². The first kappa shape index (κ1) is 24.6. The summed E-state index contributed by atoms with van der Waals surface area (Å²) in [6, 6.07) is 16.9. The van der Waals surface area contributed by atoms with Gasteiger partial charge >= 0.3 is 0 Å². The number of carbonyl (C=O) groups is 1. The molecule has 0 aliphatic heterocycles. The fourth-order valence-corrected chi connectivity index (χ4v) is 5.09. The van der Waals surface area contributed by atoms with Crippen LogP contribution in [0.3, 0.4) is 0 Å². The van der Waals surface area contributed by atoms with Crippen molar-refractivity contribution < 1.29 is 14.6 Å². The molecule has 0 unspecified atom stereocenters. The second-order valence-corrected chi connectivity index (χ2v) is 9.66. The van der Waals surface area contributed by atoms with Crippen LogP contribution >= 0.6 is 68.4 Å². The Bertz CT molecular complexity index is 1220. The third-order valence-corrected chi connectivity index (χ3v) is 6.53. The Labute approximate surface area is 222 Å². The Morgan fingerprint density at radius 1 is 1.06 bits per heavy atom. The van der Waals surface area contributed by atoms with Gasteiger partial charge in [0.2, 0.25) is 0 Å². The maximum atomic E-state index is 12.5. The molecule has 5 nitrogen and oxygen atoms in total. The van der Waals surface area contributed by atoms with E-state index in [9.17, 15) is 15.2 Å². The summed E-state index contributed by atoms with van der Waals surface area (Å²) in [6.45, 7) is 0.316. The first-order chi connectivity index (χ1) is 15.3. The van der Waals surface area contributed by atoms with Crippen molar-refractivity contribution in [3.05, 3.63) is 88.5 Å². The summed E-state index contributed by atoms with van der Waals surface area (Å²) in [5, 5.41) is 22.4. The lowest BCUT2D eigenvalue weighted by atomic mass is 10.1. The third-order valence-electron chi connectivity index (χ3n) is 4.19. The Kier molecular flexibility index (Phi) is 8.64.